The second kappa shape index (κ2) is 5.37. The molecule has 0 saturated carbocycles. The molecule has 1 heterocycles. The lowest BCUT2D eigenvalue weighted by molar-refractivity contribution is -0.123. The van der Waals surface area contributed by atoms with Gasteiger partial charge in [-0.15, -0.1) is 17.8 Å². The number of carbonyl (C=O) groups excluding carboxylic acids is 1. The third-order valence-corrected chi connectivity index (χ3v) is 4.29. The summed E-state index contributed by atoms with van der Waals surface area (Å²) >= 11 is 1.76. The highest BCUT2D eigenvalue weighted by Gasteiger charge is 2.27. The van der Waals surface area contributed by atoms with E-state index in [-0.39, 0.29) is 17.9 Å². The number of hydrogen-bond acceptors (Lipinski definition) is 2. The molecule has 2 nitrogen and oxygen atoms in total. The molecule has 0 bridgehead atoms. The normalized spacial score (nSPS) is 20.1. The smallest absolute Gasteiger partial charge is 0.228 e. The molecule has 0 spiro atoms. The van der Waals surface area contributed by atoms with Gasteiger partial charge in [-0.25, -0.2) is 0 Å². The molecule has 0 fully saturated rings. The van der Waals surface area contributed by atoms with Crippen molar-refractivity contribution in [3.8, 4) is 12.3 Å². The van der Waals surface area contributed by atoms with Gasteiger partial charge in [0.2, 0.25) is 5.91 Å². The highest BCUT2D eigenvalue weighted by atomic mass is 32.1. The number of hydrogen-bond donors (Lipinski definition) is 1. The monoisotopic (exact) mass is 247 g/mol. The van der Waals surface area contributed by atoms with E-state index in [4.69, 9.17) is 6.42 Å². The Morgan fingerprint density at radius 1 is 1.76 bits per heavy atom. The average molecular weight is 247 g/mol. The maximum atomic E-state index is 12.2. The molecule has 2 rings (SSSR count). The summed E-state index contributed by atoms with van der Waals surface area (Å²) in [5.74, 6) is 2.71. The van der Waals surface area contributed by atoms with Gasteiger partial charge in [0.25, 0.3) is 0 Å². The molecule has 1 aliphatic carbocycles. The molecule has 1 aromatic heterocycles. The summed E-state index contributed by atoms with van der Waals surface area (Å²) in [6, 6.07) is 1.95. The largest absolute Gasteiger partial charge is 0.342 e. The molecule has 0 radical (unpaired) electrons. The Morgan fingerprint density at radius 3 is 3.29 bits per heavy atom. The predicted molar refractivity (Wildman–Crippen MR) is 71.1 cm³/mol. The zero-order valence-corrected chi connectivity index (χ0v) is 10.8. The lowest BCUT2D eigenvalue weighted by atomic mass is 9.87. The van der Waals surface area contributed by atoms with Gasteiger partial charge in [0.1, 0.15) is 0 Å². The number of thiophene rings is 1. The van der Waals surface area contributed by atoms with Gasteiger partial charge < -0.3 is 5.32 Å². The van der Waals surface area contributed by atoms with Gasteiger partial charge in [0, 0.05) is 4.88 Å². The topological polar surface area (TPSA) is 29.1 Å². The first-order valence-corrected chi connectivity index (χ1v) is 6.97. The zero-order valence-electron chi connectivity index (χ0n) is 10.0. The third-order valence-electron chi connectivity index (χ3n) is 3.29. The summed E-state index contributed by atoms with van der Waals surface area (Å²) in [7, 11) is 0. The second-order valence-corrected chi connectivity index (χ2v) is 5.38. The van der Waals surface area contributed by atoms with Gasteiger partial charge >= 0.3 is 0 Å². The molecule has 1 aliphatic rings. The lowest BCUT2D eigenvalue weighted by Gasteiger charge is -2.23. The molecule has 2 atom stereocenters. The number of nitrogens with one attached hydrogen (secondary N) is 1. The van der Waals surface area contributed by atoms with Crippen LogP contribution in [0, 0.1) is 12.3 Å². The van der Waals surface area contributed by atoms with Crippen LogP contribution >= 0.6 is 11.3 Å². The number of terminal acetylenes is 1. The molecule has 17 heavy (non-hydrogen) atoms. The van der Waals surface area contributed by atoms with Crippen LogP contribution in [-0.2, 0) is 11.2 Å². The van der Waals surface area contributed by atoms with Crippen molar-refractivity contribution >= 4 is 17.2 Å². The van der Waals surface area contributed by atoms with Crippen LogP contribution in [0.2, 0.25) is 0 Å². The van der Waals surface area contributed by atoms with E-state index in [1.807, 2.05) is 6.92 Å². The molecule has 1 amide bonds. The molecule has 3 heteroatoms. The Morgan fingerprint density at radius 2 is 2.59 bits per heavy atom. The SMILES string of the molecule is C#CC(CC)NC(=O)C1CCCc2sccc21. The molecule has 90 valence electrons. The summed E-state index contributed by atoms with van der Waals surface area (Å²) in [5.41, 5.74) is 1.21. The van der Waals surface area contributed by atoms with Crippen LogP contribution < -0.4 is 5.32 Å². The Balaban J connectivity index is 2.10. The van der Waals surface area contributed by atoms with Crippen molar-refractivity contribution in [3.63, 3.8) is 0 Å². The molecule has 0 aliphatic heterocycles. The summed E-state index contributed by atoms with van der Waals surface area (Å²) in [5, 5.41) is 5.02. The van der Waals surface area contributed by atoms with Gasteiger partial charge in [-0.2, -0.15) is 0 Å². The van der Waals surface area contributed by atoms with Gasteiger partial charge in [-0.3, -0.25) is 4.79 Å². The van der Waals surface area contributed by atoms with E-state index in [0.29, 0.717) is 0 Å². The second-order valence-electron chi connectivity index (χ2n) is 4.38. The summed E-state index contributed by atoms with van der Waals surface area (Å²) < 4.78 is 0. The first-order valence-electron chi connectivity index (χ1n) is 6.09. The van der Waals surface area contributed by atoms with Crippen LogP contribution in [0.5, 0.6) is 0 Å². The van der Waals surface area contributed by atoms with E-state index in [9.17, 15) is 4.79 Å². The number of carbonyl (C=O) groups is 1. The van der Waals surface area contributed by atoms with E-state index in [0.717, 1.165) is 25.7 Å². The van der Waals surface area contributed by atoms with Crippen molar-refractivity contribution in [1.29, 1.82) is 0 Å². The van der Waals surface area contributed by atoms with E-state index >= 15 is 0 Å². The molecular formula is C14H17NOS. The molecular weight excluding hydrogens is 230 g/mol. The first kappa shape index (κ1) is 12.2. The summed E-state index contributed by atoms with van der Waals surface area (Å²) in [6.45, 7) is 1.99. The van der Waals surface area contributed by atoms with Crippen molar-refractivity contribution in [2.75, 3.05) is 0 Å². The minimum atomic E-state index is -0.133. The number of amides is 1. The van der Waals surface area contributed by atoms with Gasteiger partial charge in [0.15, 0.2) is 0 Å². The van der Waals surface area contributed by atoms with Crippen molar-refractivity contribution in [2.24, 2.45) is 0 Å². The van der Waals surface area contributed by atoms with Crippen molar-refractivity contribution in [3.05, 3.63) is 21.9 Å². The minimum Gasteiger partial charge on any atom is -0.342 e. The fraction of sp³-hybridized carbons (Fsp3) is 0.500. The number of rotatable bonds is 3. The van der Waals surface area contributed by atoms with Crippen LogP contribution in [0.15, 0.2) is 11.4 Å². The maximum absolute atomic E-state index is 12.2. The minimum absolute atomic E-state index is 0.00685. The Hall–Kier alpha value is -1.27. The lowest BCUT2D eigenvalue weighted by Crippen LogP contribution is -2.37. The van der Waals surface area contributed by atoms with E-state index in [1.54, 1.807) is 11.3 Å². The van der Waals surface area contributed by atoms with Gasteiger partial charge in [0.05, 0.1) is 12.0 Å². The molecule has 0 saturated heterocycles. The van der Waals surface area contributed by atoms with E-state index in [1.165, 1.54) is 10.4 Å². The number of aryl methyl sites for hydroxylation is 1. The summed E-state index contributed by atoms with van der Waals surface area (Å²) in [6.07, 6.45) is 9.31. The average Bonchev–Trinajstić information content (AvgIpc) is 2.83. The standard InChI is InChI=1S/C14H17NOS/c1-3-10(4-2)15-14(16)12-6-5-7-13-11(12)8-9-17-13/h1,8-10,12H,4-7H2,2H3,(H,15,16). The van der Waals surface area contributed by atoms with Crippen molar-refractivity contribution in [1.82, 2.24) is 5.32 Å². The molecule has 2 unspecified atom stereocenters. The highest BCUT2D eigenvalue weighted by Crippen LogP contribution is 2.35. The van der Waals surface area contributed by atoms with E-state index in [2.05, 4.69) is 22.7 Å². The number of fused-ring (bicyclic) bond motifs is 1. The quantitative estimate of drug-likeness (QED) is 0.818. The molecule has 1 aromatic rings. The van der Waals surface area contributed by atoms with Crippen LogP contribution in [0.4, 0.5) is 0 Å². The van der Waals surface area contributed by atoms with Crippen molar-refractivity contribution in [2.45, 2.75) is 44.6 Å². The van der Waals surface area contributed by atoms with Crippen LogP contribution in [0.1, 0.15) is 42.5 Å². The highest BCUT2D eigenvalue weighted by molar-refractivity contribution is 7.10. The van der Waals surface area contributed by atoms with E-state index < -0.39 is 0 Å². The van der Waals surface area contributed by atoms with Crippen molar-refractivity contribution < 1.29 is 4.79 Å². The van der Waals surface area contributed by atoms with Gasteiger partial charge in [-0.1, -0.05) is 12.8 Å². The summed E-state index contributed by atoms with van der Waals surface area (Å²) in [4.78, 5) is 13.6. The molecule has 0 aromatic carbocycles. The van der Waals surface area contributed by atoms with Crippen LogP contribution in [0.25, 0.3) is 0 Å². The Labute approximate surface area is 106 Å². The van der Waals surface area contributed by atoms with Crippen LogP contribution in [-0.4, -0.2) is 11.9 Å². The Kier molecular flexibility index (Phi) is 3.86. The van der Waals surface area contributed by atoms with Crippen LogP contribution in [0.3, 0.4) is 0 Å². The Bertz CT molecular complexity index is 443. The van der Waals surface area contributed by atoms with Gasteiger partial charge in [-0.05, 0) is 42.7 Å². The zero-order chi connectivity index (χ0) is 12.3. The third kappa shape index (κ3) is 2.53. The maximum Gasteiger partial charge on any atom is 0.228 e. The fourth-order valence-electron chi connectivity index (χ4n) is 2.29. The first-order chi connectivity index (χ1) is 8.26. The molecule has 1 N–H and O–H groups in total. The fourth-order valence-corrected chi connectivity index (χ4v) is 3.28. The predicted octanol–water partition coefficient (Wildman–Crippen LogP) is 2.70.